The van der Waals surface area contributed by atoms with Gasteiger partial charge in [-0.25, -0.2) is 0 Å². The first-order valence-electron chi connectivity index (χ1n) is 7.91. The van der Waals surface area contributed by atoms with Gasteiger partial charge in [0, 0.05) is 39.3 Å². The summed E-state index contributed by atoms with van der Waals surface area (Å²) in [6.45, 7) is 6.26. The van der Waals surface area contributed by atoms with E-state index in [0.717, 1.165) is 32.2 Å². The molecule has 1 saturated heterocycles. The number of ether oxygens (including phenoxy) is 1. The number of hydrogen-bond acceptors (Lipinski definition) is 4. The number of piperazine rings is 1. The molecule has 1 atom stereocenters. The Morgan fingerprint density at radius 2 is 2.00 bits per heavy atom. The van der Waals surface area contributed by atoms with Crippen LogP contribution in [0.1, 0.15) is 12.5 Å². The lowest BCUT2D eigenvalue weighted by atomic mass is 10.2. The molecule has 134 valence electrons. The van der Waals surface area contributed by atoms with Gasteiger partial charge in [0.2, 0.25) is 0 Å². The Balaban J connectivity index is 1.83. The van der Waals surface area contributed by atoms with Crippen LogP contribution in [0.5, 0.6) is 5.75 Å². The third-order valence-electron chi connectivity index (χ3n) is 3.80. The van der Waals surface area contributed by atoms with Crippen molar-refractivity contribution in [2.75, 3.05) is 39.3 Å². The Morgan fingerprint density at radius 1 is 1.33 bits per heavy atom. The lowest BCUT2D eigenvalue weighted by Crippen LogP contribution is -2.47. The molecule has 5 nitrogen and oxygen atoms in total. The van der Waals surface area contributed by atoms with E-state index in [9.17, 15) is 18.0 Å². The minimum atomic E-state index is -4.52. The fourth-order valence-corrected chi connectivity index (χ4v) is 2.46. The highest BCUT2D eigenvalue weighted by molar-refractivity contribution is 5.80. The van der Waals surface area contributed by atoms with Crippen molar-refractivity contribution < 1.29 is 22.7 Å². The molecule has 1 aromatic rings. The first kappa shape index (κ1) is 18.5. The average Bonchev–Trinajstić information content (AvgIpc) is 2.55. The Bertz CT molecular complexity index is 546. The van der Waals surface area contributed by atoms with Gasteiger partial charge < -0.3 is 15.4 Å². The van der Waals surface area contributed by atoms with Crippen molar-refractivity contribution in [3.63, 3.8) is 0 Å². The summed E-state index contributed by atoms with van der Waals surface area (Å²) in [6, 6.07) is 4.88. The fourth-order valence-electron chi connectivity index (χ4n) is 2.46. The number of rotatable bonds is 6. The van der Waals surface area contributed by atoms with Gasteiger partial charge in [0.15, 0.2) is 6.10 Å². The molecular formula is C16H22F3N3O2. The number of halogens is 3. The van der Waals surface area contributed by atoms with Crippen molar-refractivity contribution in [1.82, 2.24) is 15.5 Å². The molecule has 2 rings (SSSR count). The molecule has 1 fully saturated rings. The van der Waals surface area contributed by atoms with Gasteiger partial charge in [-0.1, -0.05) is 12.1 Å². The lowest BCUT2D eigenvalue weighted by molar-refractivity contribution is -0.140. The van der Waals surface area contributed by atoms with Crippen LogP contribution in [0.15, 0.2) is 24.3 Å². The minimum absolute atomic E-state index is 0.338. The number of nitrogens with zero attached hydrogens (tertiary/aromatic N) is 1. The van der Waals surface area contributed by atoms with Crippen molar-refractivity contribution in [2.45, 2.75) is 19.2 Å². The number of amides is 1. The molecular weight excluding hydrogens is 323 g/mol. The Hall–Kier alpha value is -1.80. The number of carbonyl (C=O) groups excluding carboxylic acids is 1. The Morgan fingerprint density at radius 3 is 2.67 bits per heavy atom. The second-order valence-electron chi connectivity index (χ2n) is 5.64. The summed E-state index contributed by atoms with van der Waals surface area (Å²) in [5, 5.41) is 5.94. The summed E-state index contributed by atoms with van der Waals surface area (Å²) in [5.41, 5.74) is -0.884. The highest BCUT2D eigenvalue weighted by Gasteiger charge is 2.34. The average molecular weight is 345 g/mol. The highest BCUT2D eigenvalue weighted by atomic mass is 19.4. The zero-order chi connectivity index (χ0) is 17.6. The molecule has 0 aliphatic carbocycles. The van der Waals surface area contributed by atoms with E-state index in [0.29, 0.717) is 13.1 Å². The van der Waals surface area contributed by atoms with Gasteiger partial charge >= 0.3 is 6.18 Å². The molecule has 8 heteroatoms. The second-order valence-corrected chi connectivity index (χ2v) is 5.64. The Labute approximate surface area is 139 Å². The van der Waals surface area contributed by atoms with Crippen LogP contribution in [0.2, 0.25) is 0 Å². The molecule has 24 heavy (non-hydrogen) atoms. The van der Waals surface area contributed by atoms with Crippen molar-refractivity contribution in [2.24, 2.45) is 0 Å². The van der Waals surface area contributed by atoms with E-state index in [2.05, 4.69) is 15.5 Å². The predicted octanol–water partition coefficient (Wildman–Crippen LogP) is 1.49. The third kappa shape index (κ3) is 5.38. The zero-order valence-corrected chi connectivity index (χ0v) is 13.5. The van der Waals surface area contributed by atoms with Crippen LogP contribution in [-0.2, 0) is 11.0 Å². The van der Waals surface area contributed by atoms with Crippen molar-refractivity contribution >= 4 is 5.91 Å². The molecule has 1 aromatic carbocycles. The molecule has 1 aliphatic rings. The van der Waals surface area contributed by atoms with E-state index in [1.807, 2.05) is 0 Å². The van der Waals surface area contributed by atoms with E-state index < -0.39 is 23.8 Å². The van der Waals surface area contributed by atoms with Gasteiger partial charge in [-0.05, 0) is 19.1 Å². The number of para-hydroxylation sites is 1. The highest BCUT2D eigenvalue weighted by Crippen LogP contribution is 2.36. The standard InChI is InChI=1S/C16H22F3N3O2/c1-12(15(23)21-8-11-22-9-6-20-7-10-22)24-14-5-3-2-4-13(14)16(17,18)19/h2-5,12,20H,6-11H2,1H3,(H,21,23). The normalized spacial score (nSPS) is 17.3. The molecule has 2 N–H and O–H groups in total. The largest absolute Gasteiger partial charge is 0.480 e. The maximum Gasteiger partial charge on any atom is 0.419 e. The topological polar surface area (TPSA) is 53.6 Å². The van der Waals surface area contributed by atoms with Crippen LogP contribution in [0.3, 0.4) is 0 Å². The van der Waals surface area contributed by atoms with Gasteiger partial charge in [-0.2, -0.15) is 13.2 Å². The SMILES string of the molecule is CC(Oc1ccccc1C(F)(F)F)C(=O)NCCN1CCNCC1. The van der Waals surface area contributed by atoms with Crippen LogP contribution >= 0.6 is 0 Å². The lowest BCUT2D eigenvalue weighted by Gasteiger charge is -2.27. The van der Waals surface area contributed by atoms with Crippen molar-refractivity contribution in [3.8, 4) is 5.75 Å². The zero-order valence-electron chi connectivity index (χ0n) is 13.5. The fraction of sp³-hybridized carbons (Fsp3) is 0.562. The van der Waals surface area contributed by atoms with Crippen LogP contribution in [0, 0.1) is 0 Å². The smallest absolute Gasteiger partial charge is 0.419 e. The first-order valence-corrected chi connectivity index (χ1v) is 7.91. The molecule has 1 heterocycles. The first-order chi connectivity index (χ1) is 11.4. The number of carbonyl (C=O) groups is 1. The number of hydrogen-bond donors (Lipinski definition) is 2. The van der Waals surface area contributed by atoms with E-state index in [1.54, 1.807) is 0 Å². The number of benzene rings is 1. The third-order valence-corrected chi connectivity index (χ3v) is 3.80. The molecule has 0 aromatic heterocycles. The van der Waals surface area contributed by atoms with E-state index >= 15 is 0 Å². The summed E-state index contributed by atoms with van der Waals surface area (Å²) in [5.74, 6) is -0.767. The maximum absolute atomic E-state index is 12.9. The van der Waals surface area contributed by atoms with E-state index in [-0.39, 0.29) is 5.75 Å². The van der Waals surface area contributed by atoms with Gasteiger partial charge in [0.1, 0.15) is 5.75 Å². The summed E-state index contributed by atoms with van der Waals surface area (Å²) in [6.07, 6.45) is -5.52. The van der Waals surface area contributed by atoms with Crippen LogP contribution < -0.4 is 15.4 Å². The van der Waals surface area contributed by atoms with Crippen LogP contribution in [-0.4, -0.2) is 56.2 Å². The molecule has 0 bridgehead atoms. The van der Waals surface area contributed by atoms with Gasteiger partial charge in [0.25, 0.3) is 5.91 Å². The van der Waals surface area contributed by atoms with Crippen LogP contribution in [0.25, 0.3) is 0 Å². The van der Waals surface area contributed by atoms with Gasteiger partial charge in [-0.15, -0.1) is 0 Å². The molecule has 1 unspecified atom stereocenters. The van der Waals surface area contributed by atoms with E-state index in [4.69, 9.17) is 4.74 Å². The van der Waals surface area contributed by atoms with Crippen LogP contribution in [0.4, 0.5) is 13.2 Å². The van der Waals surface area contributed by atoms with Gasteiger partial charge in [-0.3, -0.25) is 9.69 Å². The molecule has 0 radical (unpaired) electrons. The summed E-state index contributed by atoms with van der Waals surface area (Å²) in [4.78, 5) is 14.2. The second kappa shape index (κ2) is 8.34. The maximum atomic E-state index is 12.9. The summed E-state index contributed by atoms with van der Waals surface area (Å²) < 4.78 is 44.0. The summed E-state index contributed by atoms with van der Waals surface area (Å²) >= 11 is 0. The van der Waals surface area contributed by atoms with E-state index in [1.165, 1.54) is 25.1 Å². The Kier molecular flexibility index (Phi) is 6.44. The minimum Gasteiger partial charge on any atom is -0.480 e. The quantitative estimate of drug-likeness (QED) is 0.820. The van der Waals surface area contributed by atoms with Crippen molar-refractivity contribution in [3.05, 3.63) is 29.8 Å². The number of nitrogens with one attached hydrogen (secondary N) is 2. The summed E-state index contributed by atoms with van der Waals surface area (Å²) in [7, 11) is 0. The molecule has 1 amide bonds. The van der Waals surface area contributed by atoms with Crippen molar-refractivity contribution in [1.29, 1.82) is 0 Å². The predicted molar refractivity (Wildman–Crippen MR) is 83.9 cm³/mol. The monoisotopic (exact) mass is 345 g/mol. The molecule has 1 aliphatic heterocycles. The van der Waals surface area contributed by atoms with Gasteiger partial charge in [0.05, 0.1) is 5.56 Å². The molecule has 0 spiro atoms. The number of alkyl halides is 3. The molecule has 0 saturated carbocycles.